The largest absolute Gasteiger partial charge is 0.368 e. The minimum absolute atomic E-state index is 0.254. The number of hydrogen-bond acceptors (Lipinski definition) is 5. The van der Waals surface area contributed by atoms with Gasteiger partial charge >= 0.3 is 0 Å². The van der Waals surface area contributed by atoms with E-state index in [1.807, 2.05) is 30.5 Å². The van der Waals surface area contributed by atoms with Crippen molar-refractivity contribution in [2.45, 2.75) is 13.5 Å². The quantitative estimate of drug-likeness (QED) is 0.801. The number of anilines is 2. The average Bonchev–Trinajstić information content (AvgIpc) is 2.59. The molecule has 0 aliphatic heterocycles. The van der Waals surface area contributed by atoms with Crippen LogP contribution in [0.15, 0.2) is 18.5 Å². The molecular formula is C11H16N6. The van der Waals surface area contributed by atoms with E-state index < -0.39 is 0 Å². The number of hydrogen-bond donors (Lipinski definition) is 1. The molecule has 6 heteroatoms. The van der Waals surface area contributed by atoms with Crippen LogP contribution in [-0.4, -0.2) is 33.6 Å². The van der Waals surface area contributed by atoms with Gasteiger partial charge in [0.25, 0.3) is 0 Å². The van der Waals surface area contributed by atoms with E-state index in [9.17, 15) is 0 Å². The van der Waals surface area contributed by atoms with Gasteiger partial charge in [-0.15, -0.1) is 0 Å². The zero-order chi connectivity index (χ0) is 12.6. The molecule has 2 rings (SSSR count). The first kappa shape index (κ1) is 11.4. The van der Waals surface area contributed by atoms with Gasteiger partial charge in [0.1, 0.15) is 0 Å². The number of nitrogen functional groups attached to an aromatic ring is 1. The monoisotopic (exact) mass is 232 g/mol. The standard InChI is InChI=1S/C11H16N6/c1-7(2)5-17-6-13-8-9(16(3)4)14-11(12)15-10(8)17/h6H,1,5H2,2-4H3,(H2,12,14,15). The lowest BCUT2D eigenvalue weighted by Crippen LogP contribution is -2.13. The van der Waals surface area contributed by atoms with Gasteiger partial charge in [-0.3, -0.25) is 0 Å². The third kappa shape index (κ3) is 2.06. The van der Waals surface area contributed by atoms with Crippen LogP contribution in [0.5, 0.6) is 0 Å². The molecule has 0 aliphatic rings. The third-order valence-electron chi connectivity index (χ3n) is 2.33. The van der Waals surface area contributed by atoms with Gasteiger partial charge in [-0.05, 0) is 6.92 Å². The van der Waals surface area contributed by atoms with Crippen LogP contribution in [0.25, 0.3) is 11.2 Å². The Kier molecular flexibility index (Phi) is 2.71. The third-order valence-corrected chi connectivity index (χ3v) is 2.33. The van der Waals surface area contributed by atoms with E-state index >= 15 is 0 Å². The second-order valence-corrected chi connectivity index (χ2v) is 4.30. The van der Waals surface area contributed by atoms with Crippen LogP contribution in [-0.2, 0) is 6.54 Å². The molecule has 2 aromatic heterocycles. The van der Waals surface area contributed by atoms with E-state index in [0.29, 0.717) is 6.54 Å². The zero-order valence-corrected chi connectivity index (χ0v) is 10.3. The number of nitrogens with zero attached hydrogens (tertiary/aromatic N) is 5. The molecule has 0 saturated carbocycles. The van der Waals surface area contributed by atoms with E-state index in [2.05, 4.69) is 21.5 Å². The van der Waals surface area contributed by atoms with Gasteiger partial charge in [-0.25, -0.2) is 4.98 Å². The fourth-order valence-electron chi connectivity index (χ4n) is 1.66. The van der Waals surface area contributed by atoms with Crippen molar-refractivity contribution in [2.75, 3.05) is 24.7 Å². The Bertz CT molecular complexity index is 569. The first-order chi connectivity index (χ1) is 7.99. The van der Waals surface area contributed by atoms with Gasteiger partial charge in [0, 0.05) is 20.6 Å². The van der Waals surface area contributed by atoms with Crippen LogP contribution < -0.4 is 10.6 Å². The summed E-state index contributed by atoms with van der Waals surface area (Å²) >= 11 is 0. The van der Waals surface area contributed by atoms with Crippen LogP contribution >= 0.6 is 0 Å². The lowest BCUT2D eigenvalue weighted by molar-refractivity contribution is 0.801. The molecule has 2 N–H and O–H groups in total. The summed E-state index contributed by atoms with van der Waals surface area (Å²) in [5.74, 6) is 0.984. The normalized spacial score (nSPS) is 10.8. The smallest absolute Gasteiger partial charge is 0.224 e. The molecular weight excluding hydrogens is 216 g/mol. The van der Waals surface area contributed by atoms with Gasteiger partial charge in [-0.1, -0.05) is 12.2 Å². The van der Waals surface area contributed by atoms with E-state index in [1.54, 1.807) is 6.33 Å². The Morgan fingerprint density at radius 1 is 1.47 bits per heavy atom. The van der Waals surface area contributed by atoms with E-state index in [0.717, 1.165) is 22.6 Å². The molecule has 17 heavy (non-hydrogen) atoms. The first-order valence-corrected chi connectivity index (χ1v) is 5.29. The minimum Gasteiger partial charge on any atom is -0.368 e. The number of allylic oxidation sites excluding steroid dienone is 1. The second-order valence-electron chi connectivity index (χ2n) is 4.30. The van der Waals surface area contributed by atoms with Crippen LogP contribution in [0.3, 0.4) is 0 Å². The Morgan fingerprint density at radius 3 is 2.76 bits per heavy atom. The molecule has 0 unspecified atom stereocenters. The van der Waals surface area contributed by atoms with E-state index in [-0.39, 0.29) is 5.95 Å². The Morgan fingerprint density at radius 2 is 2.18 bits per heavy atom. The van der Waals surface area contributed by atoms with Crippen molar-refractivity contribution >= 4 is 22.9 Å². The molecule has 0 radical (unpaired) electrons. The molecule has 0 fully saturated rings. The highest BCUT2D eigenvalue weighted by Gasteiger charge is 2.13. The number of nitrogens with two attached hydrogens (primary N) is 1. The SMILES string of the molecule is C=C(C)Cn1cnc2c(N(C)C)nc(N)nc21. The average molecular weight is 232 g/mol. The van der Waals surface area contributed by atoms with Crippen molar-refractivity contribution < 1.29 is 0 Å². The molecule has 0 spiro atoms. The molecule has 0 aliphatic carbocycles. The number of aromatic nitrogens is 4. The topological polar surface area (TPSA) is 72.9 Å². The second kappa shape index (κ2) is 4.04. The molecule has 0 saturated heterocycles. The molecule has 0 bridgehead atoms. The molecule has 90 valence electrons. The van der Waals surface area contributed by atoms with Gasteiger partial charge in [-0.2, -0.15) is 9.97 Å². The summed E-state index contributed by atoms with van der Waals surface area (Å²) in [4.78, 5) is 14.6. The maximum atomic E-state index is 5.71. The van der Waals surface area contributed by atoms with E-state index in [1.165, 1.54) is 0 Å². The number of fused-ring (bicyclic) bond motifs is 1. The molecule has 0 aromatic carbocycles. The molecule has 2 aromatic rings. The Hall–Kier alpha value is -2.11. The summed E-state index contributed by atoms with van der Waals surface area (Å²) in [6, 6.07) is 0. The van der Waals surface area contributed by atoms with Gasteiger partial charge in [0.15, 0.2) is 17.0 Å². The molecule has 6 nitrogen and oxygen atoms in total. The van der Waals surface area contributed by atoms with Crippen molar-refractivity contribution in [3.63, 3.8) is 0 Å². The van der Waals surface area contributed by atoms with Crippen molar-refractivity contribution in [1.29, 1.82) is 0 Å². The van der Waals surface area contributed by atoms with Crippen molar-refractivity contribution in [3.8, 4) is 0 Å². The summed E-state index contributed by atoms with van der Waals surface area (Å²) in [5.41, 5.74) is 8.24. The summed E-state index contributed by atoms with van der Waals surface area (Å²) in [7, 11) is 3.80. The number of rotatable bonds is 3. The maximum absolute atomic E-state index is 5.71. The molecule has 0 amide bonds. The van der Waals surface area contributed by atoms with Gasteiger partial charge in [0.05, 0.1) is 6.33 Å². The van der Waals surface area contributed by atoms with Crippen LogP contribution in [0.2, 0.25) is 0 Å². The molecule has 0 atom stereocenters. The highest BCUT2D eigenvalue weighted by atomic mass is 15.2. The lowest BCUT2D eigenvalue weighted by Gasteiger charge is -2.12. The summed E-state index contributed by atoms with van der Waals surface area (Å²) < 4.78 is 1.92. The number of imidazole rings is 1. The first-order valence-electron chi connectivity index (χ1n) is 5.29. The van der Waals surface area contributed by atoms with Crippen LogP contribution in [0.1, 0.15) is 6.92 Å². The van der Waals surface area contributed by atoms with Crippen LogP contribution in [0.4, 0.5) is 11.8 Å². The van der Waals surface area contributed by atoms with Crippen molar-refractivity contribution in [3.05, 3.63) is 18.5 Å². The summed E-state index contributed by atoms with van der Waals surface area (Å²) in [5, 5.41) is 0. The fraction of sp³-hybridized carbons (Fsp3) is 0.364. The van der Waals surface area contributed by atoms with Crippen LogP contribution in [0, 0.1) is 0 Å². The minimum atomic E-state index is 0.254. The fourth-order valence-corrected chi connectivity index (χ4v) is 1.66. The summed E-state index contributed by atoms with van der Waals surface area (Å²) in [6.07, 6.45) is 1.74. The summed E-state index contributed by atoms with van der Waals surface area (Å²) in [6.45, 7) is 6.53. The zero-order valence-electron chi connectivity index (χ0n) is 10.3. The van der Waals surface area contributed by atoms with Gasteiger partial charge < -0.3 is 15.2 Å². The highest BCUT2D eigenvalue weighted by Crippen LogP contribution is 2.22. The Balaban J connectivity index is 2.64. The predicted octanol–water partition coefficient (Wildman–Crippen LogP) is 1.05. The predicted molar refractivity (Wildman–Crippen MR) is 68.9 cm³/mol. The van der Waals surface area contributed by atoms with E-state index in [4.69, 9.17) is 5.73 Å². The van der Waals surface area contributed by atoms with Crippen molar-refractivity contribution in [1.82, 2.24) is 19.5 Å². The van der Waals surface area contributed by atoms with Crippen molar-refractivity contribution in [2.24, 2.45) is 0 Å². The van der Waals surface area contributed by atoms with Gasteiger partial charge in [0.2, 0.25) is 5.95 Å². The molecule has 2 heterocycles. The Labute approximate surface area is 99.8 Å². The highest BCUT2D eigenvalue weighted by molar-refractivity contribution is 5.84. The lowest BCUT2D eigenvalue weighted by atomic mass is 10.3. The maximum Gasteiger partial charge on any atom is 0.224 e.